The van der Waals surface area contributed by atoms with Gasteiger partial charge in [-0.15, -0.1) is 0 Å². The van der Waals surface area contributed by atoms with Gasteiger partial charge in [-0.1, -0.05) is 13.0 Å². The number of fused-ring (bicyclic) bond motifs is 1. The zero-order valence-corrected chi connectivity index (χ0v) is 16.8. The molecule has 0 aliphatic carbocycles. The normalized spacial score (nSPS) is 19.0. The van der Waals surface area contributed by atoms with E-state index in [2.05, 4.69) is 62.7 Å². The molecule has 0 saturated carbocycles. The molecule has 1 aliphatic rings. The molecule has 0 bridgehead atoms. The van der Waals surface area contributed by atoms with Crippen LogP contribution < -0.4 is 9.64 Å². The fourth-order valence-corrected chi connectivity index (χ4v) is 4.35. The monoisotopic (exact) mass is 350 g/mol. The largest absolute Gasteiger partial charge is 0.497 e. The molecule has 0 radical (unpaired) electrons. The molecule has 1 heterocycles. The minimum Gasteiger partial charge on any atom is -0.497 e. The summed E-state index contributed by atoms with van der Waals surface area (Å²) in [7, 11) is 1.67. The summed E-state index contributed by atoms with van der Waals surface area (Å²) in [4.78, 5) is 7.18. The Morgan fingerprint density at radius 3 is 2.46 bits per heavy atom. The fraction of sp³-hybridized carbons (Fsp3) is 0.435. The maximum atomic E-state index is 5.20. The lowest BCUT2D eigenvalue weighted by Gasteiger charge is -2.50. The first-order valence-electron chi connectivity index (χ1n) is 9.43. The molecule has 3 rings (SSSR count). The highest BCUT2D eigenvalue weighted by Crippen LogP contribution is 2.44. The van der Waals surface area contributed by atoms with Crippen LogP contribution in [-0.2, 0) is 0 Å². The van der Waals surface area contributed by atoms with Crippen molar-refractivity contribution in [2.75, 3.05) is 12.0 Å². The molecule has 2 aromatic carbocycles. The van der Waals surface area contributed by atoms with Crippen molar-refractivity contribution < 1.29 is 4.74 Å². The van der Waals surface area contributed by atoms with Gasteiger partial charge in [0.25, 0.3) is 0 Å². The molecule has 0 amide bonds. The second-order valence-electron chi connectivity index (χ2n) is 8.16. The first-order chi connectivity index (χ1) is 12.3. The van der Waals surface area contributed by atoms with Gasteiger partial charge in [0.2, 0.25) is 0 Å². The SMILES string of the molecule is COc1ccc(N=Cc2ccc3c(c2)[C@@H](C)CC(C)(C)N3C(C)C)cc1. The van der Waals surface area contributed by atoms with Crippen LogP contribution in [-0.4, -0.2) is 24.9 Å². The van der Waals surface area contributed by atoms with Gasteiger partial charge < -0.3 is 9.64 Å². The van der Waals surface area contributed by atoms with Gasteiger partial charge in [-0.2, -0.15) is 0 Å². The molecule has 0 N–H and O–H groups in total. The van der Waals surface area contributed by atoms with Gasteiger partial charge in [0.15, 0.2) is 0 Å². The quantitative estimate of drug-likeness (QED) is 0.637. The van der Waals surface area contributed by atoms with E-state index in [1.54, 1.807) is 7.11 Å². The van der Waals surface area contributed by atoms with E-state index in [-0.39, 0.29) is 5.54 Å². The van der Waals surface area contributed by atoms with Crippen LogP contribution in [0.15, 0.2) is 47.5 Å². The van der Waals surface area contributed by atoms with Crippen molar-refractivity contribution in [1.29, 1.82) is 0 Å². The molecule has 0 aromatic heterocycles. The Labute approximate surface area is 157 Å². The summed E-state index contributed by atoms with van der Waals surface area (Å²) in [5.41, 5.74) is 5.05. The number of anilines is 1. The minimum atomic E-state index is 0.180. The zero-order valence-electron chi connectivity index (χ0n) is 16.8. The molecule has 0 unspecified atom stereocenters. The van der Waals surface area contributed by atoms with Gasteiger partial charge in [0.1, 0.15) is 5.75 Å². The predicted octanol–water partition coefficient (Wildman–Crippen LogP) is 5.95. The van der Waals surface area contributed by atoms with Crippen molar-refractivity contribution in [3.8, 4) is 5.75 Å². The molecule has 2 aromatic rings. The first kappa shape index (κ1) is 18.5. The number of aliphatic imine (C=N–C) groups is 1. The van der Waals surface area contributed by atoms with Crippen LogP contribution >= 0.6 is 0 Å². The van der Waals surface area contributed by atoms with Crippen LogP contribution in [0, 0.1) is 0 Å². The molecule has 0 saturated heterocycles. The van der Waals surface area contributed by atoms with E-state index in [0.717, 1.165) is 23.4 Å². The smallest absolute Gasteiger partial charge is 0.119 e. The van der Waals surface area contributed by atoms with Gasteiger partial charge >= 0.3 is 0 Å². The summed E-state index contributed by atoms with van der Waals surface area (Å²) in [6.45, 7) is 11.6. The summed E-state index contributed by atoms with van der Waals surface area (Å²) in [6.07, 6.45) is 3.12. The number of hydrogen-bond acceptors (Lipinski definition) is 3. The Kier molecular flexibility index (Phi) is 5.08. The minimum absolute atomic E-state index is 0.180. The van der Waals surface area contributed by atoms with E-state index in [1.807, 2.05) is 30.5 Å². The van der Waals surface area contributed by atoms with E-state index < -0.39 is 0 Å². The number of nitrogens with zero attached hydrogens (tertiary/aromatic N) is 2. The topological polar surface area (TPSA) is 24.8 Å². The predicted molar refractivity (Wildman–Crippen MR) is 111 cm³/mol. The van der Waals surface area contributed by atoms with E-state index >= 15 is 0 Å². The Morgan fingerprint density at radius 2 is 1.85 bits per heavy atom. The van der Waals surface area contributed by atoms with Crippen LogP contribution in [0.2, 0.25) is 0 Å². The Bertz CT molecular complexity index is 790. The Balaban J connectivity index is 1.90. The fourth-order valence-electron chi connectivity index (χ4n) is 4.35. The molecule has 26 heavy (non-hydrogen) atoms. The highest BCUT2D eigenvalue weighted by molar-refractivity contribution is 5.84. The summed E-state index contributed by atoms with van der Waals surface area (Å²) >= 11 is 0. The van der Waals surface area contributed by atoms with Crippen molar-refractivity contribution in [3.05, 3.63) is 53.6 Å². The number of ether oxygens (including phenoxy) is 1. The molecular formula is C23H30N2O. The Hall–Kier alpha value is -2.29. The maximum Gasteiger partial charge on any atom is 0.119 e. The number of benzene rings is 2. The third-order valence-electron chi connectivity index (χ3n) is 5.25. The van der Waals surface area contributed by atoms with E-state index in [0.29, 0.717) is 12.0 Å². The average molecular weight is 351 g/mol. The van der Waals surface area contributed by atoms with Crippen molar-refractivity contribution in [3.63, 3.8) is 0 Å². The van der Waals surface area contributed by atoms with E-state index in [4.69, 9.17) is 4.74 Å². The van der Waals surface area contributed by atoms with E-state index in [9.17, 15) is 0 Å². The van der Waals surface area contributed by atoms with Gasteiger partial charge in [0, 0.05) is 23.5 Å². The van der Waals surface area contributed by atoms with Crippen LogP contribution in [0.25, 0.3) is 0 Å². The van der Waals surface area contributed by atoms with E-state index in [1.165, 1.54) is 11.3 Å². The molecule has 138 valence electrons. The van der Waals surface area contributed by atoms with Crippen LogP contribution in [0.4, 0.5) is 11.4 Å². The van der Waals surface area contributed by atoms with Gasteiger partial charge in [-0.05, 0) is 87.6 Å². The first-order valence-corrected chi connectivity index (χ1v) is 9.43. The summed E-state index contributed by atoms with van der Waals surface area (Å²) in [6, 6.07) is 15.0. The summed E-state index contributed by atoms with van der Waals surface area (Å²) < 4.78 is 5.20. The standard InChI is InChI=1S/C23H30N2O/c1-16(2)25-22-12-7-18(13-21(22)17(3)14-23(25,4)5)15-24-19-8-10-20(26-6)11-9-19/h7-13,15-17H,14H2,1-6H3/t17-/m0/s1. The molecule has 0 spiro atoms. The van der Waals surface area contributed by atoms with Gasteiger partial charge in [-0.25, -0.2) is 0 Å². The zero-order chi connectivity index (χ0) is 18.9. The molecular weight excluding hydrogens is 320 g/mol. The van der Waals surface area contributed by atoms with Crippen molar-refractivity contribution in [1.82, 2.24) is 0 Å². The van der Waals surface area contributed by atoms with Crippen LogP contribution in [0.5, 0.6) is 5.75 Å². The molecule has 1 aliphatic heterocycles. The molecule has 0 fully saturated rings. The van der Waals surface area contributed by atoms with Crippen molar-refractivity contribution in [2.24, 2.45) is 4.99 Å². The van der Waals surface area contributed by atoms with Crippen molar-refractivity contribution in [2.45, 2.75) is 58.5 Å². The highest BCUT2D eigenvalue weighted by Gasteiger charge is 2.37. The van der Waals surface area contributed by atoms with Crippen molar-refractivity contribution >= 4 is 17.6 Å². The number of hydrogen-bond donors (Lipinski definition) is 0. The second-order valence-corrected chi connectivity index (χ2v) is 8.16. The average Bonchev–Trinajstić information content (AvgIpc) is 2.59. The van der Waals surface area contributed by atoms with Crippen LogP contribution in [0.1, 0.15) is 58.1 Å². The summed E-state index contributed by atoms with van der Waals surface area (Å²) in [5.74, 6) is 1.40. The third kappa shape index (κ3) is 3.62. The van der Waals surface area contributed by atoms with Gasteiger partial charge in [0.05, 0.1) is 12.8 Å². The third-order valence-corrected chi connectivity index (χ3v) is 5.25. The molecule has 1 atom stereocenters. The maximum absolute atomic E-state index is 5.20. The lowest BCUT2D eigenvalue weighted by Crippen LogP contribution is -2.51. The van der Waals surface area contributed by atoms with Crippen LogP contribution in [0.3, 0.4) is 0 Å². The highest BCUT2D eigenvalue weighted by atomic mass is 16.5. The molecule has 3 heteroatoms. The Morgan fingerprint density at radius 1 is 1.15 bits per heavy atom. The second kappa shape index (κ2) is 7.14. The van der Waals surface area contributed by atoms with Gasteiger partial charge in [-0.3, -0.25) is 4.99 Å². The number of methoxy groups -OCH3 is 1. The summed E-state index contributed by atoms with van der Waals surface area (Å²) in [5, 5.41) is 0. The molecule has 3 nitrogen and oxygen atoms in total. The lowest BCUT2D eigenvalue weighted by atomic mass is 9.79. The number of rotatable bonds is 4. The lowest BCUT2D eigenvalue weighted by molar-refractivity contribution is 0.356.